The number of rotatable bonds is 4. The minimum absolute atomic E-state index is 0.0408. The zero-order valence-corrected chi connectivity index (χ0v) is 17.3. The van der Waals surface area contributed by atoms with Crippen LogP contribution >= 0.6 is 12.2 Å². The molecule has 0 aliphatic carbocycles. The van der Waals surface area contributed by atoms with Crippen LogP contribution in [0.2, 0.25) is 0 Å². The van der Waals surface area contributed by atoms with Gasteiger partial charge in [-0.1, -0.05) is 36.4 Å². The minimum atomic E-state index is -3.31. The quantitative estimate of drug-likeness (QED) is 0.795. The molecule has 0 radical (unpaired) electrons. The predicted molar refractivity (Wildman–Crippen MR) is 114 cm³/mol. The molecule has 1 fully saturated rings. The molecule has 0 bridgehead atoms. The molecule has 1 aliphatic rings. The number of anilines is 1. The monoisotopic (exact) mass is 403 g/mol. The van der Waals surface area contributed by atoms with Gasteiger partial charge in [0.25, 0.3) is 0 Å². The summed E-state index contributed by atoms with van der Waals surface area (Å²) in [6.07, 6.45) is 0. The van der Waals surface area contributed by atoms with Crippen molar-refractivity contribution in [2.45, 2.75) is 19.6 Å². The number of piperazine rings is 1. The van der Waals surface area contributed by atoms with E-state index < -0.39 is 10.0 Å². The van der Waals surface area contributed by atoms with Crippen molar-refractivity contribution >= 4 is 33.0 Å². The average Bonchev–Trinajstić information content (AvgIpc) is 2.61. The van der Waals surface area contributed by atoms with E-state index in [0.717, 1.165) is 11.3 Å². The Hall–Kier alpha value is -1.96. The summed E-state index contributed by atoms with van der Waals surface area (Å²) in [6.45, 7) is 6.18. The van der Waals surface area contributed by atoms with Gasteiger partial charge >= 0.3 is 0 Å². The fourth-order valence-electron chi connectivity index (χ4n) is 3.29. The number of nitrogens with zero attached hydrogens (tertiary/aromatic N) is 2. The maximum Gasteiger partial charge on any atom is 0.218 e. The second-order valence-electron chi connectivity index (χ2n) is 6.93. The Morgan fingerprint density at radius 3 is 2.19 bits per heavy atom. The second kappa shape index (κ2) is 8.37. The molecule has 5 nitrogen and oxygen atoms in total. The lowest BCUT2D eigenvalue weighted by molar-refractivity contribution is 0.268. The molecule has 27 heavy (non-hydrogen) atoms. The van der Waals surface area contributed by atoms with E-state index in [4.69, 9.17) is 12.2 Å². The molecule has 1 aliphatic heterocycles. The largest absolute Gasteiger partial charge is 0.346 e. The van der Waals surface area contributed by atoms with E-state index in [-0.39, 0.29) is 5.75 Å². The Labute approximate surface area is 167 Å². The van der Waals surface area contributed by atoms with Crippen molar-refractivity contribution in [3.05, 3.63) is 65.2 Å². The highest BCUT2D eigenvalue weighted by Gasteiger charge is 2.28. The predicted octanol–water partition coefficient (Wildman–Crippen LogP) is 3.15. The van der Waals surface area contributed by atoms with Crippen LogP contribution in [0.1, 0.15) is 16.7 Å². The van der Waals surface area contributed by atoms with E-state index in [9.17, 15) is 8.42 Å². The van der Waals surface area contributed by atoms with Gasteiger partial charge in [0.1, 0.15) is 0 Å². The Balaban J connectivity index is 1.57. The van der Waals surface area contributed by atoms with Gasteiger partial charge in [0, 0.05) is 31.9 Å². The van der Waals surface area contributed by atoms with Crippen LogP contribution in [0.15, 0.2) is 48.5 Å². The second-order valence-corrected chi connectivity index (χ2v) is 9.29. The lowest BCUT2D eigenvalue weighted by atomic mass is 10.1. The molecule has 1 N–H and O–H groups in total. The van der Waals surface area contributed by atoms with Crippen LogP contribution in [0.5, 0.6) is 0 Å². The first kappa shape index (κ1) is 19.8. The van der Waals surface area contributed by atoms with Gasteiger partial charge in [0.2, 0.25) is 10.0 Å². The van der Waals surface area contributed by atoms with Crippen LogP contribution in [0.25, 0.3) is 0 Å². The zero-order valence-electron chi connectivity index (χ0n) is 15.7. The van der Waals surface area contributed by atoms with Gasteiger partial charge in [-0.2, -0.15) is 4.31 Å². The molecule has 1 saturated heterocycles. The van der Waals surface area contributed by atoms with Crippen LogP contribution in [0.3, 0.4) is 0 Å². The molecular formula is C20H25N3O2S2. The Morgan fingerprint density at radius 2 is 1.59 bits per heavy atom. The van der Waals surface area contributed by atoms with Crippen LogP contribution in [-0.2, 0) is 15.8 Å². The summed E-state index contributed by atoms with van der Waals surface area (Å²) in [5.74, 6) is 0.0408. The molecule has 0 amide bonds. The van der Waals surface area contributed by atoms with E-state index in [1.807, 2.05) is 35.2 Å². The fourth-order valence-corrected chi connectivity index (χ4v) is 5.11. The SMILES string of the molecule is Cc1cc(C)cc(NC(=S)N2CCN(S(=O)(=O)Cc3ccccc3)CC2)c1. The summed E-state index contributed by atoms with van der Waals surface area (Å²) in [6, 6.07) is 15.5. The van der Waals surface area contributed by atoms with E-state index in [1.54, 1.807) is 4.31 Å². The van der Waals surface area contributed by atoms with Gasteiger partial charge in [-0.15, -0.1) is 0 Å². The summed E-state index contributed by atoms with van der Waals surface area (Å²) < 4.78 is 26.9. The van der Waals surface area contributed by atoms with Crippen molar-refractivity contribution in [3.63, 3.8) is 0 Å². The van der Waals surface area contributed by atoms with Crippen molar-refractivity contribution in [1.29, 1.82) is 0 Å². The number of nitrogens with one attached hydrogen (secondary N) is 1. The van der Waals surface area contributed by atoms with E-state index >= 15 is 0 Å². The summed E-state index contributed by atoms with van der Waals surface area (Å²) in [5.41, 5.74) is 4.14. The van der Waals surface area contributed by atoms with Crippen molar-refractivity contribution in [2.24, 2.45) is 0 Å². The number of thiocarbonyl (C=S) groups is 1. The molecule has 7 heteroatoms. The third-order valence-electron chi connectivity index (χ3n) is 4.58. The van der Waals surface area contributed by atoms with Crippen molar-refractivity contribution in [2.75, 3.05) is 31.5 Å². The molecule has 3 rings (SSSR count). The van der Waals surface area contributed by atoms with Crippen LogP contribution in [0, 0.1) is 13.8 Å². The molecular weight excluding hydrogens is 378 g/mol. The first-order chi connectivity index (χ1) is 12.8. The molecule has 0 spiro atoms. The topological polar surface area (TPSA) is 52.6 Å². The summed E-state index contributed by atoms with van der Waals surface area (Å²) in [5, 5.41) is 3.92. The van der Waals surface area contributed by atoms with Gasteiger partial charge in [0.05, 0.1) is 5.75 Å². The van der Waals surface area contributed by atoms with Gasteiger partial charge in [-0.05, 0) is 54.9 Å². The van der Waals surface area contributed by atoms with E-state index in [1.165, 1.54) is 11.1 Å². The number of benzene rings is 2. The lowest BCUT2D eigenvalue weighted by Gasteiger charge is -2.35. The summed E-state index contributed by atoms with van der Waals surface area (Å²) in [7, 11) is -3.31. The highest BCUT2D eigenvalue weighted by Crippen LogP contribution is 2.17. The third kappa shape index (κ3) is 5.28. The molecule has 2 aromatic rings. The first-order valence-electron chi connectivity index (χ1n) is 8.99. The van der Waals surface area contributed by atoms with E-state index in [0.29, 0.717) is 31.3 Å². The standard InChI is InChI=1S/C20H25N3O2S2/c1-16-12-17(2)14-19(13-16)21-20(26)22-8-10-23(11-9-22)27(24,25)15-18-6-4-3-5-7-18/h3-7,12-14H,8-11,15H2,1-2H3,(H,21,26). The Kier molecular flexibility index (Phi) is 6.14. The number of hydrogen-bond acceptors (Lipinski definition) is 3. The van der Waals surface area contributed by atoms with Gasteiger partial charge in [-0.3, -0.25) is 0 Å². The minimum Gasteiger partial charge on any atom is -0.346 e. The van der Waals surface area contributed by atoms with E-state index in [2.05, 4.69) is 37.4 Å². The van der Waals surface area contributed by atoms with Crippen LogP contribution in [0.4, 0.5) is 5.69 Å². The van der Waals surface area contributed by atoms with Crippen LogP contribution in [-0.4, -0.2) is 48.9 Å². The molecule has 0 aromatic heterocycles. The van der Waals surface area contributed by atoms with Crippen molar-refractivity contribution in [3.8, 4) is 0 Å². The third-order valence-corrected chi connectivity index (χ3v) is 6.79. The zero-order chi connectivity index (χ0) is 19.4. The summed E-state index contributed by atoms with van der Waals surface area (Å²) >= 11 is 5.53. The molecule has 0 atom stereocenters. The van der Waals surface area contributed by atoms with Gasteiger partial charge < -0.3 is 10.2 Å². The summed E-state index contributed by atoms with van der Waals surface area (Å²) in [4.78, 5) is 2.03. The van der Waals surface area contributed by atoms with Crippen LogP contribution < -0.4 is 5.32 Å². The van der Waals surface area contributed by atoms with Gasteiger partial charge in [0.15, 0.2) is 5.11 Å². The van der Waals surface area contributed by atoms with Crippen molar-refractivity contribution < 1.29 is 8.42 Å². The Morgan fingerprint density at radius 1 is 1.00 bits per heavy atom. The number of sulfonamides is 1. The smallest absolute Gasteiger partial charge is 0.218 e. The lowest BCUT2D eigenvalue weighted by Crippen LogP contribution is -2.51. The molecule has 1 heterocycles. The maximum atomic E-state index is 12.7. The fraction of sp³-hybridized carbons (Fsp3) is 0.350. The normalized spacial score (nSPS) is 15.6. The number of aryl methyl sites for hydroxylation is 2. The highest BCUT2D eigenvalue weighted by atomic mass is 32.2. The first-order valence-corrected chi connectivity index (χ1v) is 11.0. The average molecular weight is 404 g/mol. The van der Waals surface area contributed by atoms with Gasteiger partial charge in [-0.25, -0.2) is 8.42 Å². The molecule has 144 valence electrons. The highest BCUT2D eigenvalue weighted by molar-refractivity contribution is 7.88. The maximum absolute atomic E-state index is 12.7. The Bertz CT molecular complexity index is 886. The molecule has 0 saturated carbocycles. The molecule has 2 aromatic carbocycles. The van der Waals surface area contributed by atoms with Crippen molar-refractivity contribution in [1.82, 2.24) is 9.21 Å². The number of hydrogen-bond donors (Lipinski definition) is 1. The molecule has 0 unspecified atom stereocenters.